The van der Waals surface area contributed by atoms with E-state index >= 15 is 0 Å². The summed E-state index contributed by atoms with van der Waals surface area (Å²) >= 11 is 0. The topological polar surface area (TPSA) is 26.0 Å². The first-order valence-electron chi connectivity index (χ1n) is 15.6. The fourth-order valence-corrected chi connectivity index (χ4v) is 7.09. The Hall–Kier alpha value is -0.980. The lowest BCUT2D eigenvalue weighted by Gasteiger charge is -2.38. The molecule has 2 fully saturated rings. The molecule has 2 aliphatic rings. The fourth-order valence-electron chi connectivity index (χ4n) is 7.09. The van der Waals surface area contributed by atoms with E-state index in [0.717, 1.165) is 29.4 Å². The Morgan fingerprint density at radius 2 is 1.00 bits per heavy atom. The van der Waals surface area contributed by atoms with Crippen LogP contribution in [0, 0.1) is 17.8 Å². The van der Waals surface area contributed by atoms with Crippen molar-refractivity contribution in [3.63, 3.8) is 0 Å². The van der Waals surface area contributed by atoms with Gasteiger partial charge in [0.05, 0.1) is 0 Å². The zero-order valence-corrected chi connectivity index (χ0v) is 22.8. The molecule has 2 aliphatic carbocycles. The Balaban J connectivity index is 1.14. The summed E-state index contributed by atoms with van der Waals surface area (Å²) in [6.07, 6.45) is 32.5. The molecule has 0 atom stereocenters. The SMILES string of the molecule is CCCCCCCCCCCCCCC[C@H]1CC[C@H](C2CCC(c3ccc(N)cc3)CC2)CC1. The lowest BCUT2D eigenvalue weighted by Crippen LogP contribution is -2.25. The molecule has 2 saturated carbocycles. The molecule has 0 heterocycles. The van der Waals surface area contributed by atoms with E-state index in [1.165, 1.54) is 147 Å². The minimum absolute atomic E-state index is 0.781. The molecule has 0 aliphatic heterocycles. The summed E-state index contributed by atoms with van der Waals surface area (Å²) in [4.78, 5) is 0. The van der Waals surface area contributed by atoms with Crippen LogP contribution in [0.2, 0.25) is 0 Å². The van der Waals surface area contributed by atoms with Crippen LogP contribution in [0.5, 0.6) is 0 Å². The van der Waals surface area contributed by atoms with Crippen molar-refractivity contribution in [2.75, 3.05) is 5.73 Å². The summed E-state index contributed by atoms with van der Waals surface area (Å²) in [6, 6.07) is 8.70. The first kappa shape index (κ1) is 27.6. The lowest BCUT2D eigenvalue weighted by molar-refractivity contribution is 0.155. The summed E-state index contributed by atoms with van der Waals surface area (Å²) in [5.41, 5.74) is 8.29. The number of hydrogen-bond donors (Lipinski definition) is 1. The third kappa shape index (κ3) is 10.3. The van der Waals surface area contributed by atoms with Gasteiger partial charge in [-0.1, -0.05) is 122 Å². The Kier molecular flexibility index (Phi) is 13.5. The average Bonchev–Trinajstić information content (AvgIpc) is 2.88. The number of hydrogen-bond acceptors (Lipinski definition) is 1. The molecule has 1 aromatic carbocycles. The van der Waals surface area contributed by atoms with E-state index in [9.17, 15) is 0 Å². The molecular formula is C33H57N. The van der Waals surface area contributed by atoms with Gasteiger partial charge in [-0.15, -0.1) is 0 Å². The first-order valence-corrected chi connectivity index (χ1v) is 15.6. The number of nitrogen functional groups attached to an aromatic ring is 1. The second kappa shape index (κ2) is 16.6. The minimum atomic E-state index is 0.781. The van der Waals surface area contributed by atoms with Crippen molar-refractivity contribution in [1.29, 1.82) is 0 Å². The molecule has 2 N–H and O–H groups in total. The standard InChI is InChI=1S/C33H57N/c1-2-3-4-5-6-7-8-9-10-11-12-13-14-15-28-16-18-29(19-17-28)30-20-22-31(23-21-30)32-24-26-33(34)27-25-32/h24-31H,2-23,34H2,1H3/t28-,29-,30?,31?. The second-order valence-electron chi connectivity index (χ2n) is 12.1. The van der Waals surface area contributed by atoms with Gasteiger partial charge in [0.15, 0.2) is 0 Å². The molecule has 0 unspecified atom stereocenters. The predicted molar refractivity (Wildman–Crippen MR) is 151 cm³/mol. The van der Waals surface area contributed by atoms with Crippen molar-refractivity contribution in [3.8, 4) is 0 Å². The van der Waals surface area contributed by atoms with Crippen LogP contribution in [-0.4, -0.2) is 0 Å². The van der Waals surface area contributed by atoms with Gasteiger partial charge in [0.25, 0.3) is 0 Å². The Morgan fingerprint density at radius 1 is 0.559 bits per heavy atom. The maximum atomic E-state index is 5.87. The molecule has 0 saturated heterocycles. The van der Waals surface area contributed by atoms with Gasteiger partial charge in [0.1, 0.15) is 0 Å². The number of rotatable bonds is 16. The van der Waals surface area contributed by atoms with E-state index in [0.29, 0.717) is 0 Å². The summed E-state index contributed by atoms with van der Waals surface area (Å²) in [5, 5.41) is 0. The van der Waals surface area contributed by atoms with E-state index in [1.807, 2.05) is 0 Å². The zero-order valence-electron chi connectivity index (χ0n) is 22.8. The molecule has 1 nitrogen and oxygen atoms in total. The van der Waals surface area contributed by atoms with Crippen molar-refractivity contribution in [3.05, 3.63) is 29.8 Å². The van der Waals surface area contributed by atoms with Gasteiger partial charge < -0.3 is 5.73 Å². The number of unbranched alkanes of at least 4 members (excludes halogenated alkanes) is 12. The van der Waals surface area contributed by atoms with E-state index in [1.54, 1.807) is 0 Å². The van der Waals surface area contributed by atoms with Crippen molar-refractivity contribution in [2.24, 2.45) is 17.8 Å². The summed E-state index contributed by atoms with van der Waals surface area (Å²) in [5.74, 6) is 3.89. The molecule has 0 amide bonds. The predicted octanol–water partition coefficient (Wildman–Crippen LogP) is 10.8. The number of nitrogens with two attached hydrogens (primary N) is 1. The quantitative estimate of drug-likeness (QED) is 0.190. The van der Waals surface area contributed by atoms with Gasteiger partial charge >= 0.3 is 0 Å². The maximum absolute atomic E-state index is 5.87. The highest BCUT2D eigenvalue weighted by Gasteiger charge is 2.31. The molecule has 3 rings (SSSR count). The van der Waals surface area contributed by atoms with E-state index < -0.39 is 0 Å². The van der Waals surface area contributed by atoms with Gasteiger partial charge in [-0.3, -0.25) is 0 Å². The summed E-state index contributed by atoms with van der Waals surface area (Å²) in [6.45, 7) is 2.31. The first-order chi connectivity index (χ1) is 16.8. The van der Waals surface area contributed by atoms with Crippen LogP contribution in [0.25, 0.3) is 0 Å². The third-order valence-corrected chi connectivity index (χ3v) is 9.45. The summed E-state index contributed by atoms with van der Waals surface area (Å²) < 4.78 is 0. The van der Waals surface area contributed by atoms with Crippen molar-refractivity contribution in [2.45, 2.75) is 154 Å². The smallest absolute Gasteiger partial charge is 0.0314 e. The van der Waals surface area contributed by atoms with Crippen LogP contribution in [0.1, 0.15) is 160 Å². The van der Waals surface area contributed by atoms with Gasteiger partial charge in [-0.05, 0) is 79.9 Å². The van der Waals surface area contributed by atoms with Crippen molar-refractivity contribution < 1.29 is 0 Å². The van der Waals surface area contributed by atoms with Crippen LogP contribution in [-0.2, 0) is 0 Å². The van der Waals surface area contributed by atoms with Crippen LogP contribution in [0.3, 0.4) is 0 Å². The van der Waals surface area contributed by atoms with Crippen molar-refractivity contribution in [1.82, 2.24) is 0 Å². The van der Waals surface area contributed by atoms with Gasteiger partial charge in [-0.2, -0.15) is 0 Å². The van der Waals surface area contributed by atoms with Crippen LogP contribution in [0.4, 0.5) is 5.69 Å². The minimum Gasteiger partial charge on any atom is -0.399 e. The van der Waals surface area contributed by atoms with Gasteiger partial charge in [0.2, 0.25) is 0 Å². The van der Waals surface area contributed by atoms with Gasteiger partial charge in [0, 0.05) is 5.69 Å². The average molecular weight is 468 g/mol. The normalized spacial score (nSPS) is 25.4. The molecule has 194 valence electrons. The molecule has 1 aromatic rings. The molecule has 0 aromatic heterocycles. The Labute approximate surface area is 213 Å². The fraction of sp³-hybridized carbons (Fsp3) is 0.818. The molecular weight excluding hydrogens is 410 g/mol. The largest absolute Gasteiger partial charge is 0.399 e. The van der Waals surface area contributed by atoms with E-state index in [-0.39, 0.29) is 0 Å². The van der Waals surface area contributed by atoms with Crippen LogP contribution in [0.15, 0.2) is 24.3 Å². The highest BCUT2D eigenvalue weighted by Crippen LogP contribution is 2.44. The molecule has 34 heavy (non-hydrogen) atoms. The molecule has 1 heteroatoms. The highest BCUT2D eigenvalue weighted by atomic mass is 14.5. The Morgan fingerprint density at radius 3 is 1.50 bits per heavy atom. The lowest BCUT2D eigenvalue weighted by atomic mass is 9.68. The Bertz CT molecular complexity index is 604. The number of benzene rings is 1. The summed E-state index contributed by atoms with van der Waals surface area (Å²) in [7, 11) is 0. The number of anilines is 1. The van der Waals surface area contributed by atoms with E-state index in [2.05, 4.69) is 31.2 Å². The zero-order chi connectivity index (χ0) is 23.8. The van der Waals surface area contributed by atoms with Gasteiger partial charge in [-0.25, -0.2) is 0 Å². The highest BCUT2D eigenvalue weighted by molar-refractivity contribution is 5.40. The molecule has 0 radical (unpaired) electrons. The van der Waals surface area contributed by atoms with Crippen molar-refractivity contribution >= 4 is 5.69 Å². The third-order valence-electron chi connectivity index (χ3n) is 9.45. The van der Waals surface area contributed by atoms with Crippen LogP contribution >= 0.6 is 0 Å². The maximum Gasteiger partial charge on any atom is 0.0314 e. The second-order valence-corrected chi connectivity index (χ2v) is 12.1. The molecule has 0 bridgehead atoms. The molecule has 0 spiro atoms. The van der Waals surface area contributed by atoms with E-state index in [4.69, 9.17) is 5.73 Å². The van der Waals surface area contributed by atoms with Crippen LogP contribution < -0.4 is 5.73 Å². The monoisotopic (exact) mass is 467 g/mol.